The maximum atomic E-state index is 13.4. The average Bonchev–Trinajstić information content (AvgIpc) is 3.26. The molecule has 2 amide bonds. The van der Waals surface area contributed by atoms with E-state index in [1.807, 2.05) is 60.4 Å². The molecule has 1 saturated carbocycles. The second kappa shape index (κ2) is 7.90. The fraction of sp³-hybridized carbons (Fsp3) is 0.417. The number of hydrogen-bond acceptors (Lipinski definition) is 3. The van der Waals surface area contributed by atoms with Gasteiger partial charge in [-0.05, 0) is 49.1 Å². The molecule has 0 bridgehead atoms. The van der Waals surface area contributed by atoms with Crippen LogP contribution in [-0.4, -0.2) is 35.4 Å². The van der Waals surface area contributed by atoms with Crippen molar-refractivity contribution >= 4 is 11.8 Å². The third kappa shape index (κ3) is 3.61. The number of hydrogen-bond donors (Lipinski definition) is 1. The van der Waals surface area contributed by atoms with Crippen molar-refractivity contribution in [2.75, 3.05) is 7.11 Å². The first-order valence-corrected chi connectivity index (χ1v) is 10.4. The Morgan fingerprint density at radius 1 is 1.17 bits per heavy atom. The van der Waals surface area contributed by atoms with Crippen molar-refractivity contribution in [3.8, 4) is 5.75 Å². The van der Waals surface area contributed by atoms with Gasteiger partial charge in [-0.15, -0.1) is 0 Å². The molecule has 2 aromatic carbocycles. The van der Waals surface area contributed by atoms with Crippen LogP contribution in [0.2, 0.25) is 0 Å². The van der Waals surface area contributed by atoms with Crippen molar-refractivity contribution in [3.05, 3.63) is 65.2 Å². The Labute approximate surface area is 172 Å². The van der Waals surface area contributed by atoms with Crippen LogP contribution < -0.4 is 10.1 Å². The molecule has 1 N–H and O–H groups in total. The van der Waals surface area contributed by atoms with Crippen LogP contribution in [0.4, 0.5) is 0 Å². The van der Waals surface area contributed by atoms with E-state index < -0.39 is 5.54 Å². The Bertz CT molecular complexity index is 920. The van der Waals surface area contributed by atoms with Gasteiger partial charge >= 0.3 is 0 Å². The van der Waals surface area contributed by atoms with Crippen LogP contribution in [0.3, 0.4) is 0 Å². The summed E-state index contributed by atoms with van der Waals surface area (Å²) in [4.78, 5) is 28.7. The summed E-state index contributed by atoms with van der Waals surface area (Å²) in [5, 5.41) is 3.08. The largest absolute Gasteiger partial charge is 0.497 e. The summed E-state index contributed by atoms with van der Waals surface area (Å²) < 4.78 is 5.27. The van der Waals surface area contributed by atoms with Gasteiger partial charge in [0.1, 0.15) is 11.3 Å². The van der Waals surface area contributed by atoms with Crippen molar-refractivity contribution in [3.63, 3.8) is 0 Å². The molecule has 5 heteroatoms. The maximum Gasteiger partial charge on any atom is 0.255 e. The number of rotatable bonds is 5. The van der Waals surface area contributed by atoms with Crippen LogP contribution in [0.15, 0.2) is 48.5 Å². The average molecular weight is 392 g/mol. The molecule has 0 aromatic heterocycles. The molecule has 5 nitrogen and oxygen atoms in total. The lowest BCUT2D eigenvalue weighted by atomic mass is 9.81. The number of amides is 2. The van der Waals surface area contributed by atoms with E-state index in [9.17, 15) is 9.59 Å². The number of fused-ring (bicyclic) bond motifs is 1. The summed E-state index contributed by atoms with van der Waals surface area (Å²) in [6.45, 7) is 2.32. The Kier molecular flexibility index (Phi) is 5.31. The quantitative estimate of drug-likeness (QED) is 0.844. The number of nitrogens with one attached hydrogen (secondary N) is 1. The Morgan fingerprint density at radius 3 is 2.69 bits per heavy atom. The summed E-state index contributed by atoms with van der Waals surface area (Å²) in [5.74, 6) is 0.644. The monoisotopic (exact) mass is 392 g/mol. The zero-order valence-electron chi connectivity index (χ0n) is 17.1. The minimum atomic E-state index is -0.890. The molecule has 1 aliphatic carbocycles. The van der Waals surface area contributed by atoms with Gasteiger partial charge in [0.2, 0.25) is 5.91 Å². The second-order valence-electron chi connectivity index (χ2n) is 8.26. The molecule has 2 aromatic rings. The number of nitrogens with zero attached hydrogens (tertiary/aromatic N) is 1. The van der Waals surface area contributed by atoms with Gasteiger partial charge in [-0.3, -0.25) is 9.59 Å². The van der Waals surface area contributed by atoms with Crippen LogP contribution in [0, 0.1) is 0 Å². The third-order valence-corrected chi connectivity index (χ3v) is 6.30. The molecule has 1 atom stereocenters. The summed E-state index contributed by atoms with van der Waals surface area (Å²) in [5.41, 5.74) is 1.76. The van der Waals surface area contributed by atoms with Crippen molar-refractivity contribution < 1.29 is 14.3 Å². The maximum absolute atomic E-state index is 13.4. The van der Waals surface area contributed by atoms with Crippen LogP contribution in [0.5, 0.6) is 5.75 Å². The Balaban J connectivity index is 1.61. The second-order valence-corrected chi connectivity index (χ2v) is 8.26. The highest BCUT2D eigenvalue weighted by Gasteiger charge is 2.49. The Hall–Kier alpha value is -2.82. The first-order chi connectivity index (χ1) is 14.0. The molecule has 2 aliphatic rings. The van der Waals surface area contributed by atoms with Crippen molar-refractivity contribution in [2.45, 2.75) is 57.2 Å². The summed E-state index contributed by atoms with van der Waals surface area (Å²) in [7, 11) is 1.63. The van der Waals surface area contributed by atoms with Crippen molar-refractivity contribution in [1.29, 1.82) is 0 Å². The van der Waals surface area contributed by atoms with E-state index in [0.717, 1.165) is 48.1 Å². The normalized spacial score (nSPS) is 21.7. The van der Waals surface area contributed by atoms with Crippen LogP contribution in [-0.2, 0) is 17.8 Å². The summed E-state index contributed by atoms with van der Waals surface area (Å²) >= 11 is 0. The SMILES string of the molecule is COc1cccc(CNC(=O)C2(C)Cc3ccccc3C(=O)N2C2CCCC2)c1. The minimum absolute atomic E-state index is 0.0159. The lowest BCUT2D eigenvalue weighted by molar-refractivity contribution is -0.133. The van der Waals surface area contributed by atoms with Gasteiger partial charge in [0, 0.05) is 24.6 Å². The van der Waals surface area contributed by atoms with E-state index in [-0.39, 0.29) is 17.9 Å². The first kappa shape index (κ1) is 19.5. The van der Waals surface area contributed by atoms with E-state index >= 15 is 0 Å². The molecule has 1 aliphatic heterocycles. The molecule has 4 rings (SSSR count). The van der Waals surface area contributed by atoms with E-state index in [4.69, 9.17) is 4.74 Å². The van der Waals surface area contributed by atoms with E-state index in [1.165, 1.54) is 0 Å². The number of methoxy groups -OCH3 is 1. The fourth-order valence-corrected chi connectivity index (χ4v) is 4.77. The van der Waals surface area contributed by atoms with E-state index in [1.54, 1.807) is 7.11 Å². The molecule has 0 spiro atoms. The highest BCUT2D eigenvalue weighted by Crippen LogP contribution is 2.37. The van der Waals surface area contributed by atoms with E-state index in [0.29, 0.717) is 13.0 Å². The highest BCUT2D eigenvalue weighted by atomic mass is 16.5. The van der Waals surface area contributed by atoms with Crippen LogP contribution in [0.1, 0.15) is 54.1 Å². The number of carbonyl (C=O) groups excluding carboxylic acids is 2. The van der Waals surface area contributed by atoms with Gasteiger partial charge in [0.05, 0.1) is 7.11 Å². The van der Waals surface area contributed by atoms with Gasteiger partial charge in [-0.25, -0.2) is 0 Å². The molecule has 0 radical (unpaired) electrons. The zero-order valence-corrected chi connectivity index (χ0v) is 17.1. The minimum Gasteiger partial charge on any atom is -0.497 e. The van der Waals surface area contributed by atoms with Crippen molar-refractivity contribution in [2.24, 2.45) is 0 Å². The molecule has 1 unspecified atom stereocenters. The lowest BCUT2D eigenvalue weighted by Gasteiger charge is -2.47. The molecule has 29 heavy (non-hydrogen) atoms. The number of carbonyl (C=O) groups is 2. The zero-order chi connectivity index (χ0) is 20.4. The Morgan fingerprint density at radius 2 is 1.93 bits per heavy atom. The molecule has 1 heterocycles. The first-order valence-electron chi connectivity index (χ1n) is 10.4. The molecular weight excluding hydrogens is 364 g/mol. The highest BCUT2D eigenvalue weighted by molar-refractivity contribution is 6.02. The standard InChI is InChI=1S/C24H28N2O3/c1-24(23(28)25-16-17-8-7-12-20(14-17)29-2)15-18-9-3-6-13-21(18)22(27)26(24)19-10-4-5-11-19/h3,6-9,12-14,19H,4-5,10-11,15-16H2,1-2H3,(H,25,28). The van der Waals surface area contributed by atoms with Gasteiger partial charge < -0.3 is 15.0 Å². The van der Waals surface area contributed by atoms with Gasteiger partial charge in [0.15, 0.2) is 0 Å². The number of ether oxygens (including phenoxy) is 1. The summed E-state index contributed by atoms with van der Waals surface area (Å²) in [6, 6.07) is 15.5. The topological polar surface area (TPSA) is 58.6 Å². The number of benzene rings is 2. The predicted molar refractivity (Wildman–Crippen MR) is 112 cm³/mol. The summed E-state index contributed by atoms with van der Waals surface area (Å²) in [6.07, 6.45) is 4.68. The molecule has 0 saturated heterocycles. The van der Waals surface area contributed by atoms with Gasteiger partial charge in [-0.1, -0.05) is 43.2 Å². The van der Waals surface area contributed by atoms with Crippen molar-refractivity contribution in [1.82, 2.24) is 10.2 Å². The smallest absolute Gasteiger partial charge is 0.255 e. The van der Waals surface area contributed by atoms with Crippen LogP contribution >= 0.6 is 0 Å². The predicted octanol–water partition coefficient (Wildman–Crippen LogP) is 3.71. The fourth-order valence-electron chi connectivity index (χ4n) is 4.77. The van der Waals surface area contributed by atoms with Gasteiger partial charge in [0.25, 0.3) is 5.91 Å². The third-order valence-electron chi connectivity index (χ3n) is 6.30. The van der Waals surface area contributed by atoms with Gasteiger partial charge in [-0.2, -0.15) is 0 Å². The molecule has 1 fully saturated rings. The molecule has 152 valence electrons. The lowest BCUT2D eigenvalue weighted by Crippen LogP contribution is -2.64. The van der Waals surface area contributed by atoms with E-state index in [2.05, 4.69) is 5.32 Å². The molecular formula is C24H28N2O3. The van der Waals surface area contributed by atoms with Crippen LogP contribution in [0.25, 0.3) is 0 Å².